The minimum atomic E-state index is -4.68. The van der Waals surface area contributed by atoms with Gasteiger partial charge in [-0.15, -0.1) is 0 Å². The van der Waals surface area contributed by atoms with Crippen LogP contribution in [0.2, 0.25) is 5.02 Å². The number of nitrogens with two attached hydrogens (primary N) is 1. The van der Waals surface area contributed by atoms with Crippen LogP contribution in [0, 0.1) is 0 Å². The van der Waals surface area contributed by atoms with Crippen LogP contribution in [-0.4, -0.2) is 24.1 Å². The van der Waals surface area contributed by atoms with E-state index in [1.165, 1.54) is 49.7 Å². The zero-order chi connectivity index (χ0) is 23.5. The van der Waals surface area contributed by atoms with E-state index in [2.05, 4.69) is 15.0 Å². The van der Waals surface area contributed by atoms with Crippen LogP contribution in [0.3, 0.4) is 0 Å². The predicted molar refractivity (Wildman–Crippen MR) is 111 cm³/mol. The number of esters is 1. The highest BCUT2D eigenvalue weighted by molar-refractivity contribution is 6.31. The van der Waals surface area contributed by atoms with E-state index in [1.807, 2.05) is 0 Å². The molecule has 0 aliphatic rings. The summed E-state index contributed by atoms with van der Waals surface area (Å²) in [7, 11) is 1.23. The number of benzene rings is 2. The third kappa shape index (κ3) is 5.27. The summed E-state index contributed by atoms with van der Waals surface area (Å²) in [4.78, 5) is 26.8. The second-order valence-corrected chi connectivity index (χ2v) is 6.77. The molecule has 166 valence electrons. The van der Waals surface area contributed by atoms with Crippen molar-refractivity contribution in [3.63, 3.8) is 0 Å². The Labute approximate surface area is 184 Å². The molecule has 0 unspecified atom stereocenters. The molecule has 1 heterocycles. The van der Waals surface area contributed by atoms with Crippen LogP contribution in [0.1, 0.15) is 15.9 Å². The summed E-state index contributed by atoms with van der Waals surface area (Å²) in [6, 6.07) is 9.58. The van der Waals surface area contributed by atoms with Crippen molar-refractivity contribution in [3.8, 4) is 22.8 Å². The van der Waals surface area contributed by atoms with E-state index in [4.69, 9.17) is 22.1 Å². The van der Waals surface area contributed by atoms with Crippen molar-refractivity contribution in [2.45, 2.75) is 6.18 Å². The molecule has 0 atom stereocenters. The number of hydrogen-bond acceptors (Lipinski definition) is 5. The van der Waals surface area contributed by atoms with Crippen molar-refractivity contribution in [3.05, 3.63) is 70.9 Å². The molecule has 3 rings (SSSR count). The molecule has 1 aromatic heterocycles. The van der Waals surface area contributed by atoms with Gasteiger partial charge in [0.2, 0.25) is 5.88 Å². The molecule has 0 saturated heterocycles. The Hall–Kier alpha value is -3.79. The first-order valence-corrected chi connectivity index (χ1v) is 9.26. The van der Waals surface area contributed by atoms with Gasteiger partial charge in [-0.25, -0.2) is 14.6 Å². The normalized spacial score (nSPS) is 11.0. The number of alkyl halides is 3. The molecule has 0 aliphatic heterocycles. The van der Waals surface area contributed by atoms with Gasteiger partial charge in [0.05, 0.1) is 28.9 Å². The molecule has 32 heavy (non-hydrogen) atoms. The second-order valence-electron chi connectivity index (χ2n) is 6.37. The number of anilines is 1. The number of carbonyl (C=O) groups is 2. The van der Waals surface area contributed by atoms with E-state index >= 15 is 0 Å². The molecule has 3 aromatic rings. The zero-order valence-corrected chi connectivity index (χ0v) is 17.1. The Balaban J connectivity index is 2.01. The lowest BCUT2D eigenvalue weighted by molar-refractivity contribution is -0.137. The number of amides is 2. The molecule has 2 amide bonds. The van der Waals surface area contributed by atoms with Crippen LogP contribution < -0.4 is 15.8 Å². The number of urea groups is 1. The smallest absolute Gasteiger partial charge is 0.417 e. The summed E-state index contributed by atoms with van der Waals surface area (Å²) < 4.78 is 50.1. The SMILES string of the molecule is COC(=O)c1ccc(Oc2ccc(NC(N)=O)c(-c3ccc(Cl)c(C(F)(F)F)c3)c2)nc1. The quantitative estimate of drug-likeness (QED) is 0.485. The monoisotopic (exact) mass is 465 g/mol. The highest BCUT2D eigenvalue weighted by atomic mass is 35.5. The molecule has 0 aliphatic carbocycles. The molecule has 2 aromatic carbocycles. The second kappa shape index (κ2) is 9.15. The average Bonchev–Trinajstić information content (AvgIpc) is 2.74. The van der Waals surface area contributed by atoms with Crippen molar-refractivity contribution in [2.24, 2.45) is 5.73 Å². The topological polar surface area (TPSA) is 104 Å². The molecular formula is C21H15ClF3N3O4. The number of halogens is 4. The van der Waals surface area contributed by atoms with E-state index in [-0.39, 0.29) is 34.0 Å². The van der Waals surface area contributed by atoms with Gasteiger partial charge in [-0.05, 0) is 42.0 Å². The number of primary amides is 1. The fourth-order valence-electron chi connectivity index (χ4n) is 2.78. The lowest BCUT2D eigenvalue weighted by Crippen LogP contribution is -2.19. The van der Waals surface area contributed by atoms with Crippen LogP contribution in [0.5, 0.6) is 11.6 Å². The summed E-state index contributed by atoms with van der Waals surface area (Å²) in [5.41, 5.74) is 4.83. The van der Waals surface area contributed by atoms with Gasteiger partial charge in [-0.2, -0.15) is 13.2 Å². The van der Waals surface area contributed by atoms with Crippen molar-refractivity contribution in [1.29, 1.82) is 0 Å². The minimum absolute atomic E-state index is 0.116. The van der Waals surface area contributed by atoms with E-state index in [0.29, 0.717) is 0 Å². The minimum Gasteiger partial charge on any atom is -0.465 e. The van der Waals surface area contributed by atoms with Crippen LogP contribution >= 0.6 is 11.6 Å². The Morgan fingerprint density at radius 1 is 1.09 bits per heavy atom. The highest BCUT2D eigenvalue weighted by Crippen LogP contribution is 2.40. The summed E-state index contributed by atoms with van der Waals surface area (Å²) in [5, 5.41) is 1.90. The first kappa shape index (κ1) is 22.9. The molecular weight excluding hydrogens is 451 g/mol. The van der Waals surface area contributed by atoms with Gasteiger partial charge < -0.3 is 20.5 Å². The Kier molecular flexibility index (Phi) is 6.54. The van der Waals surface area contributed by atoms with Crippen molar-refractivity contribution >= 4 is 29.3 Å². The fourth-order valence-corrected chi connectivity index (χ4v) is 3.00. The Morgan fingerprint density at radius 3 is 2.44 bits per heavy atom. The first-order chi connectivity index (χ1) is 15.1. The molecule has 0 bridgehead atoms. The van der Waals surface area contributed by atoms with E-state index in [0.717, 1.165) is 12.1 Å². The fraction of sp³-hybridized carbons (Fsp3) is 0.0952. The van der Waals surface area contributed by atoms with E-state index < -0.39 is 28.8 Å². The summed E-state index contributed by atoms with van der Waals surface area (Å²) in [6.45, 7) is 0. The lowest BCUT2D eigenvalue weighted by Gasteiger charge is -2.15. The molecule has 0 fully saturated rings. The largest absolute Gasteiger partial charge is 0.465 e. The van der Waals surface area contributed by atoms with Crippen molar-refractivity contribution < 1.29 is 32.2 Å². The zero-order valence-electron chi connectivity index (χ0n) is 16.4. The molecule has 0 radical (unpaired) electrons. The number of methoxy groups -OCH3 is 1. The Bertz CT molecular complexity index is 1170. The summed E-state index contributed by atoms with van der Waals surface area (Å²) in [5.74, 6) is -0.250. The van der Waals surface area contributed by atoms with Gasteiger partial charge in [0.15, 0.2) is 0 Å². The average molecular weight is 466 g/mol. The number of aromatic nitrogens is 1. The van der Waals surface area contributed by atoms with Crippen molar-refractivity contribution in [2.75, 3.05) is 12.4 Å². The van der Waals surface area contributed by atoms with E-state index in [1.54, 1.807) is 0 Å². The van der Waals surface area contributed by atoms with Gasteiger partial charge in [-0.1, -0.05) is 17.7 Å². The third-order valence-electron chi connectivity index (χ3n) is 4.21. The summed E-state index contributed by atoms with van der Waals surface area (Å²) in [6.07, 6.45) is -3.43. The summed E-state index contributed by atoms with van der Waals surface area (Å²) >= 11 is 5.70. The number of rotatable bonds is 5. The number of carbonyl (C=O) groups excluding carboxylic acids is 2. The predicted octanol–water partition coefficient (Wildman–Crippen LogP) is 5.49. The Morgan fingerprint density at radius 2 is 1.84 bits per heavy atom. The molecule has 11 heteroatoms. The van der Waals surface area contributed by atoms with Crippen LogP contribution in [0.4, 0.5) is 23.7 Å². The van der Waals surface area contributed by atoms with Gasteiger partial charge in [-0.3, -0.25) is 0 Å². The molecule has 0 saturated carbocycles. The standard InChI is InChI=1S/C21H15ClF3N3O4/c1-31-19(29)12-3-7-18(27-10-12)32-13-4-6-17(28-20(26)30)14(9-13)11-2-5-16(22)15(8-11)21(23,24)25/h2-10H,1H3,(H3,26,28,30). The lowest BCUT2D eigenvalue weighted by atomic mass is 10.0. The van der Waals surface area contributed by atoms with Crippen LogP contribution in [0.15, 0.2) is 54.7 Å². The van der Waals surface area contributed by atoms with Gasteiger partial charge in [0.1, 0.15) is 5.75 Å². The van der Waals surface area contributed by atoms with Crippen molar-refractivity contribution in [1.82, 2.24) is 4.98 Å². The molecule has 7 nitrogen and oxygen atoms in total. The van der Waals surface area contributed by atoms with Gasteiger partial charge >= 0.3 is 18.2 Å². The molecule has 3 N–H and O–H groups in total. The van der Waals surface area contributed by atoms with Crippen LogP contribution in [-0.2, 0) is 10.9 Å². The molecule has 0 spiro atoms. The highest BCUT2D eigenvalue weighted by Gasteiger charge is 2.33. The third-order valence-corrected chi connectivity index (χ3v) is 4.54. The van der Waals surface area contributed by atoms with E-state index in [9.17, 15) is 22.8 Å². The number of ether oxygens (including phenoxy) is 2. The van der Waals surface area contributed by atoms with Gasteiger partial charge in [0.25, 0.3) is 0 Å². The first-order valence-electron chi connectivity index (χ1n) is 8.88. The maximum atomic E-state index is 13.3. The van der Waals surface area contributed by atoms with Crippen LogP contribution in [0.25, 0.3) is 11.1 Å². The number of hydrogen-bond donors (Lipinski definition) is 2. The number of pyridine rings is 1. The number of nitrogens with one attached hydrogen (secondary N) is 1. The maximum Gasteiger partial charge on any atom is 0.417 e. The maximum absolute atomic E-state index is 13.3. The number of nitrogens with zero attached hydrogens (tertiary/aromatic N) is 1. The van der Waals surface area contributed by atoms with Gasteiger partial charge in [0, 0.05) is 17.8 Å².